The number of benzene rings is 1. The smallest absolute Gasteiger partial charge is 0.388 e. The van der Waals surface area contributed by atoms with E-state index in [1.54, 1.807) is 4.90 Å². The first-order chi connectivity index (χ1) is 15.7. The quantitative estimate of drug-likeness (QED) is 0.536. The molecule has 2 aromatic rings. The molecule has 3 rings (SSSR count). The summed E-state index contributed by atoms with van der Waals surface area (Å²) < 4.78 is 35.2. The lowest BCUT2D eigenvalue weighted by Crippen LogP contribution is -2.50. The minimum Gasteiger partial charge on any atom is -0.481 e. The van der Waals surface area contributed by atoms with E-state index in [1.165, 1.54) is 19.2 Å². The number of anilines is 2. The van der Waals surface area contributed by atoms with Gasteiger partial charge in [-0.05, 0) is 42.4 Å². The molecule has 1 aliphatic rings. The molecule has 178 valence electrons. The van der Waals surface area contributed by atoms with Crippen LogP contribution in [0.25, 0.3) is 0 Å². The van der Waals surface area contributed by atoms with E-state index in [0.29, 0.717) is 18.5 Å². The lowest BCUT2D eigenvalue weighted by molar-refractivity contribution is -0.138. The summed E-state index contributed by atoms with van der Waals surface area (Å²) in [6.07, 6.45) is 1.08. The number of pyridine rings is 1. The third-order valence-corrected chi connectivity index (χ3v) is 5.56. The lowest BCUT2D eigenvalue weighted by Gasteiger charge is -2.43. The van der Waals surface area contributed by atoms with Crippen LogP contribution in [-0.2, 0) is 4.79 Å². The van der Waals surface area contributed by atoms with Gasteiger partial charge in [0, 0.05) is 24.2 Å². The van der Waals surface area contributed by atoms with Crippen molar-refractivity contribution in [3.05, 3.63) is 42.0 Å². The standard InChI is InChI=1S/C23H27F2N3O5/c1-13(2)16-6-4-5-7-18(16)28(15-10-14(11-15)12-20(29)30)23(31)26-17-8-9-19(32-3)27-21(17)33-22(24)25/h4-9,13-15,22H,10-12H2,1-3H3,(H,26,31)(H,29,30). The van der Waals surface area contributed by atoms with E-state index in [1.807, 2.05) is 38.1 Å². The topological polar surface area (TPSA) is 101 Å². The molecule has 1 aliphatic carbocycles. The highest BCUT2D eigenvalue weighted by molar-refractivity contribution is 6.03. The molecular formula is C23H27F2N3O5. The zero-order chi connectivity index (χ0) is 24.1. The highest BCUT2D eigenvalue weighted by Gasteiger charge is 2.39. The molecule has 1 aromatic heterocycles. The molecule has 1 aromatic carbocycles. The van der Waals surface area contributed by atoms with Crippen molar-refractivity contribution < 1.29 is 33.0 Å². The average molecular weight is 463 g/mol. The Morgan fingerprint density at radius 2 is 1.91 bits per heavy atom. The third-order valence-electron chi connectivity index (χ3n) is 5.56. The number of urea groups is 1. The minimum absolute atomic E-state index is 0.0328. The molecule has 2 amide bonds. The van der Waals surface area contributed by atoms with Gasteiger partial charge >= 0.3 is 18.6 Å². The van der Waals surface area contributed by atoms with Gasteiger partial charge in [-0.2, -0.15) is 13.8 Å². The Morgan fingerprint density at radius 3 is 2.52 bits per heavy atom. The SMILES string of the molecule is COc1ccc(NC(=O)N(c2ccccc2C(C)C)C2CC(CC(=O)O)C2)c(OC(F)F)n1. The largest absolute Gasteiger partial charge is 0.481 e. The van der Waals surface area contributed by atoms with Crippen molar-refractivity contribution in [2.24, 2.45) is 5.92 Å². The average Bonchev–Trinajstić information content (AvgIpc) is 2.73. The molecule has 2 N–H and O–H groups in total. The number of carboxylic acids is 1. The summed E-state index contributed by atoms with van der Waals surface area (Å²) in [5.41, 5.74) is 1.59. The number of rotatable bonds is 9. The number of para-hydroxylation sites is 1. The highest BCUT2D eigenvalue weighted by atomic mass is 19.3. The van der Waals surface area contributed by atoms with Crippen LogP contribution in [0.4, 0.5) is 25.0 Å². The fourth-order valence-corrected chi connectivity index (χ4v) is 3.97. The zero-order valence-electron chi connectivity index (χ0n) is 18.6. The second-order valence-corrected chi connectivity index (χ2v) is 8.19. The molecule has 33 heavy (non-hydrogen) atoms. The molecule has 1 saturated carbocycles. The van der Waals surface area contributed by atoms with Crippen molar-refractivity contribution in [3.8, 4) is 11.8 Å². The molecule has 0 spiro atoms. The third kappa shape index (κ3) is 5.88. The summed E-state index contributed by atoms with van der Waals surface area (Å²) >= 11 is 0. The van der Waals surface area contributed by atoms with Crippen LogP contribution in [0.15, 0.2) is 36.4 Å². The molecule has 0 aliphatic heterocycles. The first-order valence-electron chi connectivity index (χ1n) is 10.6. The van der Waals surface area contributed by atoms with Gasteiger partial charge in [0.25, 0.3) is 0 Å². The first-order valence-corrected chi connectivity index (χ1v) is 10.6. The Balaban J connectivity index is 1.92. The number of aromatic nitrogens is 1. The van der Waals surface area contributed by atoms with Gasteiger partial charge in [0.05, 0.1) is 7.11 Å². The number of nitrogens with zero attached hydrogens (tertiary/aromatic N) is 2. The van der Waals surface area contributed by atoms with Gasteiger partial charge in [-0.15, -0.1) is 0 Å². The fraction of sp³-hybridized carbons (Fsp3) is 0.435. The van der Waals surface area contributed by atoms with Crippen LogP contribution in [0.2, 0.25) is 0 Å². The summed E-state index contributed by atoms with van der Waals surface area (Å²) in [7, 11) is 1.33. The number of nitrogens with one attached hydrogen (secondary N) is 1. The van der Waals surface area contributed by atoms with Gasteiger partial charge in [-0.3, -0.25) is 9.69 Å². The number of aliphatic carboxylic acids is 1. The fourth-order valence-electron chi connectivity index (χ4n) is 3.97. The molecule has 0 bridgehead atoms. The number of carbonyl (C=O) groups is 2. The van der Waals surface area contributed by atoms with E-state index in [2.05, 4.69) is 15.0 Å². The molecule has 0 atom stereocenters. The minimum atomic E-state index is -3.14. The molecule has 10 heteroatoms. The number of carboxylic acid groups (broad SMARTS) is 1. The summed E-state index contributed by atoms with van der Waals surface area (Å²) in [4.78, 5) is 29.9. The van der Waals surface area contributed by atoms with Crippen LogP contribution in [0.5, 0.6) is 11.8 Å². The van der Waals surface area contributed by atoms with E-state index in [0.717, 1.165) is 5.56 Å². The number of hydrogen-bond acceptors (Lipinski definition) is 5. The predicted molar refractivity (Wildman–Crippen MR) is 118 cm³/mol. The van der Waals surface area contributed by atoms with Crippen LogP contribution >= 0.6 is 0 Å². The van der Waals surface area contributed by atoms with E-state index < -0.39 is 24.5 Å². The van der Waals surface area contributed by atoms with Gasteiger partial charge < -0.3 is 19.9 Å². The molecule has 0 unspecified atom stereocenters. The maximum absolute atomic E-state index is 13.4. The van der Waals surface area contributed by atoms with Crippen molar-refractivity contribution in [3.63, 3.8) is 0 Å². The van der Waals surface area contributed by atoms with Crippen molar-refractivity contribution in [1.29, 1.82) is 0 Å². The monoisotopic (exact) mass is 463 g/mol. The number of ether oxygens (including phenoxy) is 2. The molecule has 0 saturated heterocycles. The van der Waals surface area contributed by atoms with Crippen molar-refractivity contribution in [2.75, 3.05) is 17.3 Å². The zero-order valence-corrected chi connectivity index (χ0v) is 18.6. The lowest BCUT2D eigenvalue weighted by atomic mass is 9.77. The Kier molecular flexibility index (Phi) is 7.67. The van der Waals surface area contributed by atoms with Crippen molar-refractivity contribution >= 4 is 23.4 Å². The first kappa shape index (κ1) is 24.2. The Labute approximate surface area is 190 Å². The van der Waals surface area contributed by atoms with Crippen LogP contribution in [0.3, 0.4) is 0 Å². The van der Waals surface area contributed by atoms with E-state index in [9.17, 15) is 18.4 Å². The molecule has 1 heterocycles. The predicted octanol–water partition coefficient (Wildman–Crippen LogP) is 5.11. The number of amides is 2. The van der Waals surface area contributed by atoms with Crippen molar-refractivity contribution in [1.82, 2.24) is 4.98 Å². The van der Waals surface area contributed by atoms with Gasteiger partial charge in [0.2, 0.25) is 11.8 Å². The second kappa shape index (κ2) is 10.5. The van der Waals surface area contributed by atoms with E-state index in [4.69, 9.17) is 9.84 Å². The summed E-state index contributed by atoms with van der Waals surface area (Å²) in [5.74, 6) is -1.20. The number of hydrogen-bond donors (Lipinski definition) is 2. The van der Waals surface area contributed by atoms with Crippen LogP contribution < -0.4 is 19.7 Å². The number of alkyl halides is 2. The van der Waals surface area contributed by atoms with Gasteiger partial charge in [0.1, 0.15) is 5.69 Å². The van der Waals surface area contributed by atoms with Crippen LogP contribution in [-0.4, -0.2) is 41.9 Å². The van der Waals surface area contributed by atoms with Gasteiger partial charge in [-0.1, -0.05) is 32.0 Å². The summed E-state index contributed by atoms with van der Waals surface area (Å²) in [6, 6.07) is 9.46. The normalized spacial score (nSPS) is 17.4. The Morgan fingerprint density at radius 1 is 1.21 bits per heavy atom. The molecule has 1 fully saturated rings. The summed E-state index contributed by atoms with van der Waals surface area (Å²) in [5, 5.41) is 11.7. The molecular weight excluding hydrogens is 436 g/mol. The second-order valence-electron chi connectivity index (χ2n) is 8.19. The van der Waals surface area contributed by atoms with E-state index in [-0.39, 0.29) is 35.9 Å². The Bertz CT molecular complexity index is 996. The molecule has 8 nitrogen and oxygen atoms in total. The number of halogens is 2. The van der Waals surface area contributed by atoms with Gasteiger partial charge in [-0.25, -0.2) is 4.79 Å². The number of methoxy groups -OCH3 is 1. The summed E-state index contributed by atoms with van der Waals surface area (Å²) in [6.45, 7) is 0.872. The Hall–Kier alpha value is -3.43. The maximum atomic E-state index is 13.4. The number of carbonyl (C=O) groups excluding carboxylic acids is 1. The van der Waals surface area contributed by atoms with E-state index >= 15 is 0 Å². The maximum Gasteiger partial charge on any atom is 0.388 e. The van der Waals surface area contributed by atoms with Gasteiger partial charge in [0.15, 0.2) is 0 Å². The highest BCUT2D eigenvalue weighted by Crippen LogP contribution is 2.40. The van der Waals surface area contributed by atoms with Crippen molar-refractivity contribution in [2.45, 2.75) is 51.7 Å². The van der Waals surface area contributed by atoms with Crippen LogP contribution in [0, 0.1) is 5.92 Å². The van der Waals surface area contributed by atoms with Crippen LogP contribution in [0.1, 0.15) is 44.6 Å². The molecule has 0 radical (unpaired) electrons.